The van der Waals surface area contributed by atoms with Gasteiger partial charge in [-0.05, 0) is 30.4 Å². The minimum Gasteiger partial charge on any atom is -0.481 e. The van der Waals surface area contributed by atoms with Crippen LogP contribution < -0.4 is 0 Å². The molecule has 1 aliphatic heterocycles. The maximum Gasteiger partial charge on any atom is 0.309 e. The molecule has 0 bridgehead atoms. The van der Waals surface area contributed by atoms with Crippen LogP contribution in [0.3, 0.4) is 0 Å². The van der Waals surface area contributed by atoms with Crippen LogP contribution in [0.4, 0.5) is 0 Å². The van der Waals surface area contributed by atoms with E-state index in [-0.39, 0.29) is 5.92 Å². The smallest absolute Gasteiger partial charge is 0.309 e. The molecule has 0 atom stereocenters. The van der Waals surface area contributed by atoms with Gasteiger partial charge in [0.05, 0.1) is 18.0 Å². The van der Waals surface area contributed by atoms with Gasteiger partial charge in [-0.1, -0.05) is 48.7 Å². The Morgan fingerprint density at radius 1 is 1.07 bits per heavy atom. The van der Waals surface area contributed by atoms with Crippen molar-refractivity contribution in [1.29, 1.82) is 0 Å². The summed E-state index contributed by atoms with van der Waals surface area (Å²) in [6, 6.07) is 12.6. The van der Waals surface area contributed by atoms with Crippen molar-refractivity contribution in [2.75, 3.05) is 13.1 Å². The van der Waals surface area contributed by atoms with Crippen LogP contribution in [0.25, 0.3) is 22.6 Å². The van der Waals surface area contributed by atoms with Crippen LogP contribution >= 0.6 is 0 Å². The molecule has 1 aromatic carbocycles. The lowest BCUT2D eigenvalue weighted by molar-refractivity contribution is -0.147. The summed E-state index contributed by atoms with van der Waals surface area (Å²) in [6.07, 6.45) is 8.30. The van der Waals surface area contributed by atoms with Crippen LogP contribution in [-0.2, 0) is 11.3 Å². The fourth-order valence-corrected chi connectivity index (χ4v) is 4.58. The van der Waals surface area contributed by atoms with Crippen molar-refractivity contribution in [2.24, 2.45) is 5.92 Å². The number of aromatic nitrogens is 1. The number of aliphatic carboxylic acids is 1. The van der Waals surface area contributed by atoms with Gasteiger partial charge in [-0.2, -0.15) is 0 Å². The summed E-state index contributed by atoms with van der Waals surface area (Å²) in [7, 11) is 0. The first-order chi connectivity index (χ1) is 14.7. The van der Waals surface area contributed by atoms with Crippen LogP contribution in [0.15, 0.2) is 51.6 Å². The zero-order valence-electron chi connectivity index (χ0n) is 16.9. The number of hydrogen-bond acceptors (Lipinski definition) is 5. The highest BCUT2D eigenvalue weighted by atomic mass is 16.5. The van der Waals surface area contributed by atoms with E-state index in [9.17, 15) is 4.79 Å². The number of benzene rings is 1. The molecule has 1 saturated carbocycles. The van der Waals surface area contributed by atoms with E-state index in [1.54, 1.807) is 6.26 Å². The Labute approximate surface area is 175 Å². The third kappa shape index (κ3) is 3.92. The topological polar surface area (TPSA) is 79.7 Å². The van der Waals surface area contributed by atoms with Crippen molar-refractivity contribution in [1.82, 2.24) is 10.1 Å². The van der Waals surface area contributed by atoms with E-state index < -0.39 is 5.97 Å². The van der Waals surface area contributed by atoms with Gasteiger partial charge in [0.15, 0.2) is 5.76 Å². The Morgan fingerprint density at radius 3 is 2.57 bits per heavy atom. The van der Waals surface area contributed by atoms with E-state index in [1.165, 1.54) is 37.7 Å². The molecule has 3 aromatic rings. The molecule has 0 radical (unpaired) electrons. The molecule has 0 spiro atoms. The molecule has 3 heterocycles. The average Bonchev–Trinajstić information content (AvgIpc) is 3.40. The number of carboxylic acids is 1. The number of rotatable bonds is 6. The van der Waals surface area contributed by atoms with Gasteiger partial charge in [0, 0.05) is 24.7 Å². The number of nitrogens with zero attached hydrogens (tertiary/aromatic N) is 2. The molecule has 6 heteroatoms. The lowest BCUT2D eigenvalue weighted by Gasteiger charge is -2.35. The molecule has 1 aliphatic carbocycles. The van der Waals surface area contributed by atoms with E-state index in [2.05, 4.69) is 34.3 Å². The van der Waals surface area contributed by atoms with Gasteiger partial charge >= 0.3 is 5.97 Å². The first-order valence-corrected chi connectivity index (χ1v) is 10.8. The fourth-order valence-electron chi connectivity index (χ4n) is 4.58. The summed E-state index contributed by atoms with van der Waals surface area (Å²) < 4.78 is 11.2. The number of carbonyl (C=O) groups is 1. The van der Waals surface area contributed by atoms with Gasteiger partial charge in [-0.15, -0.1) is 0 Å². The number of furan rings is 1. The van der Waals surface area contributed by atoms with E-state index in [1.807, 2.05) is 12.1 Å². The van der Waals surface area contributed by atoms with Crippen molar-refractivity contribution in [3.63, 3.8) is 0 Å². The van der Waals surface area contributed by atoms with Crippen molar-refractivity contribution in [3.05, 3.63) is 54.0 Å². The first-order valence-electron chi connectivity index (χ1n) is 10.8. The molecule has 2 fully saturated rings. The molecule has 0 amide bonds. The normalized spacial score (nSPS) is 18.4. The SMILES string of the molecule is O=C(O)C1CN(Cc2cc(-c3cc(-c4ccc(C5CCCCC5)cc4)no3)co2)C1. The second-order valence-corrected chi connectivity index (χ2v) is 8.56. The Kier molecular flexibility index (Phi) is 5.17. The van der Waals surface area contributed by atoms with E-state index >= 15 is 0 Å². The number of carboxylic acid groups (broad SMARTS) is 1. The van der Waals surface area contributed by atoms with Crippen LogP contribution in [0, 0.1) is 5.92 Å². The van der Waals surface area contributed by atoms with Gasteiger partial charge in [0.25, 0.3) is 0 Å². The van der Waals surface area contributed by atoms with Crippen LogP contribution in [-0.4, -0.2) is 34.2 Å². The summed E-state index contributed by atoms with van der Waals surface area (Å²) in [4.78, 5) is 13.0. The largest absolute Gasteiger partial charge is 0.481 e. The average molecular weight is 406 g/mol. The van der Waals surface area contributed by atoms with E-state index in [0.717, 1.165) is 22.6 Å². The fraction of sp³-hybridized carbons (Fsp3) is 0.417. The van der Waals surface area contributed by atoms with Gasteiger partial charge in [0.1, 0.15) is 17.7 Å². The maximum atomic E-state index is 10.9. The Hall–Kier alpha value is -2.86. The molecule has 0 unspecified atom stereocenters. The predicted octanol–water partition coefficient (Wildman–Crippen LogP) is 5.17. The molecular formula is C24H26N2O4. The second-order valence-electron chi connectivity index (χ2n) is 8.56. The molecule has 2 aliphatic rings. The molecule has 156 valence electrons. The highest BCUT2D eigenvalue weighted by Crippen LogP contribution is 2.34. The molecular weight excluding hydrogens is 380 g/mol. The minimum atomic E-state index is -0.729. The molecule has 1 saturated heterocycles. The van der Waals surface area contributed by atoms with Crippen LogP contribution in [0.1, 0.15) is 49.3 Å². The third-order valence-corrected chi connectivity index (χ3v) is 6.42. The van der Waals surface area contributed by atoms with Gasteiger partial charge in [-0.3, -0.25) is 9.69 Å². The monoisotopic (exact) mass is 406 g/mol. The Bertz CT molecular complexity index is 1010. The van der Waals surface area contributed by atoms with Crippen LogP contribution in [0.2, 0.25) is 0 Å². The van der Waals surface area contributed by atoms with Crippen molar-refractivity contribution in [2.45, 2.75) is 44.6 Å². The van der Waals surface area contributed by atoms with Crippen LogP contribution in [0.5, 0.6) is 0 Å². The lowest BCUT2D eigenvalue weighted by atomic mass is 9.84. The molecule has 30 heavy (non-hydrogen) atoms. The van der Waals surface area contributed by atoms with E-state index in [0.29, 0.717) is 31.3 Å². The molecule has 1 N–H and O–H groups in total. The van der Waals surface area contributed by atoms with Gasteiger partial charge in [0.2, 0.25) is 0 Å². The zero-order valence-corrected chi connectivity index (χ0v) is 16.9. The first kappa shape index (κ1) is 19.1. The Balaban J connectivity index is 1.23. The molecule has 5 rings (SSSR count). The summed E-state index contributed by atoms with van der Waals surface area (Å²) in [5, 5.41) is 13.2. The summed E-state index contributed by atoms with van der Waals surface area (Å²) in [5.74, 6) is 1.17. The standard InChI is InChI=1S/C24H26N2O4/c27-24(28)20-12-26(13-20)14-21-10-19(15-29-21)23-11-22(25-30-23)18-8-6-17(7-9-18)16-4-2-1-3-5-16/h6-11,15-16,20H,1-5,12-14H2,(H,27,28). The number of likely N-dealkylation sites (tertiary alicyclic amines) is 1. The highest BCUT2D eigenvalue weighted by molar-refractivity contribution is 5.71. The summed E-state index contributed by atoms with van der Waals surface area (Å²) in [5.41, 5.74) is 4.14. The third-order valence-electron chi connectivity index (χ3n) is 6.42. The maximum absolute atomic E-state index is 10.9. The van der Waals surface area contributed by atoms with Crippen molar-refractivity contribution < 1.29 is 18.8 Å². The van der Waals surface area contributed by atoms with E-state index in [4.69, 9.17) is 14.0 Å². The van der Waals surface area contributed by atoms with Crippen molar-refractivity contribution >= 4 is 5.97 Å². The second kappa shape index (κ2) is 8.11. The van der Waals surface area contributed by atoms with Crippen molar-refractivity contribution in [3.8, 4) is 22.6 Å². The van der Waals surface area contributed by atoms with Gasteiger partial charge < -0.3 is 14.0 Å². The number of hydrogen-bond donors (Lipinski definition) is 1. The molecule has 6 nitrogen and oxygen atoms in total. The zero-order chi connectivity index (χ0) is 20.5. The summed E-state index contributed by atoms with van der Waals surface area (Å²) >= 11 is 0. The lowest BCUT2D eigenvalue weighted by Crippen LogP contribution is -2.49. The quantitative estimate of drug-likeness (QED) is 0.609. The highest BCUT2D eigenvalue weighted by Gasteiger charge is 2.32. The summed E-state index contributed by atoms with van der Waals surface area (Å²) in [6.45, 7) is 1.73. The molecule has 2 aromatic heterocycles. The predicted molar refractivity (Wildman–Crippen MR) is 112 cm³/mol. The Morgan fingerprint density at radius 2 is 1.83 bits per heavy atom. The minimum absolute atomic E-state index is 0.263. The van der Waals surface area contributed by atoms with Gasteiger partial charge in [-0.25, -0.2) is 0 Å².